The van der Waals surface area contributed by atoms with E-state index in [2.05, 4.69) is 32.1 Å². The van der Waals surface area contributed by atoms with Gasteiger partial charge in [0.1, 0.15) is 5.78 Å². The van der Waals surface area contributed by atoms with Crippen molar-refractivity contribution in [1.29, 1.82) is 0 Å². The molecule has 0 aromatic carbocycles. The van der Waals surface area contributed by atoms with Gasteiger partial charge in [-0.1, -0.05) is 23.8 Å². The van der Waals surface area contributed by atoms with Crippen LogP contribution in [0.1, 0.15) is 52.9 Å². The van der Waals surface area contributed by atoms with Crippen LogP contribution in [0.3, 0.4) is 0 Å². The minimum atomic E-state index is 0.281. The number of hydrogen-bond donors (Lipinski definition) is 0. The summed E-state index contributed by atoms with van der Waals surface area (Å²) in [7, 11) is 0. The normalized spacial score (nSPS) is 12.4. The zero-order chi connectivity index (χ0) is 10.8. The molecule has 0 N–H and O–H groups in total. The molecule has 14 heavy (non-hydrogen) atoms. The fourth-order valence-corrected chi connectivity index (χ4v) is 1.29. The van der Waals surface area contributed by atoms with Crippen molar-refractivity contribution in [2.75, 3.05) is 0 Å². The Morgan fingerprint density at radius 1 is 1.14 bits per heavy atom. The summed E-state index contributed by atoms with van der Waals surface area (Å²) in [5, 5.41) is 0. The highest BCUT2D eigenvalue weighted by molar-refractivity contribution is 5.75. The molecule has 0 saturated heterocycles. The maximum Gasteiger partial charge on any atom is 0.130 e. The molecule has 0 aliphatic carbocycles. The van der Waals surface area contributed by atoms with E-state index in [-0.39, 0.29) is 5.78 Å². The third kappa shape index (κ3) is 9.24. The van der Waals surface area contributed by atoms with E-state index in [0.29, 0.717) is 6.42 Å². The van der Waals surface area contributed by atoms with Crippen LogP contribution in [0.2, 0.25) is 0 Å². The molecule has 0 spiro atoms. The summed E-state index contributed by atoms with van der Waals surface area (Å²) in [5.41, 5.74) is 1.41. The van der Waals surface area contributed by atoms with Gasteiger partial charge in [0, 0.05) is 6.42 Å². The van der Waals surface area contributed by atoms with Crippen molar-refractivity contribution < 1.29 is 4.79 Å². The summed E-state index contributed by atoms with van der Waals surface area (Å²) in [6.45, 7) is 5.85. The van der Waals surface area contributed by atoms with Gasteiger partial charge >= 0.3 is 0 Å². The number of ketones is 1. The van der Waals surface area contributed by atoms with E-state index in [1.807, 2.05) is 0 Å². The molecule has 0 heterocycles. The molecule has 1 heteroatoms. The average Bonchev–Trinajstić information content (AvgIpc) is 2.12. The summed E-state index contributed by atoms with van der Waals surface area (Å²) < 4.78 is 0. The average molecular weight is 194 g/mol. The van der Waals surface area contributed by atoms with Gasteiger partial charge in [0.05, 0.1) is 0 Å². The van der Waals surface area contributed by atoms with Crippen LogP contribution in [-0.4, -0.2) is 5.78 Å². The van der Waals surface area contributed by atoms with Gasteiger partial charge in [0.25, 0.3) is 0 Å². The molecule has 0 aliphatic heterocycles. The van der Waals surface area contributed by atoms with Crippen LogP contribution < -0.4 is 0 Å². The van der Waals surface area contributed by atoms with Crippen LogP contribution in [0.25, 0.3) is 0 Å². The Kier molecular flexibility index (Phi) is 8.20. The number of allylic oxidation sites excluding steroid dienone is 4. The lowest BCUT2D eigenvalue weighted by atomic mass is 10.1. The van der Waals surface area contributed by atoms with Gasteiger partial charge in [-0.25, -0.2) is 0 Å². The topological polar surface area (TPSA) is 17.1 Å². The van der Waals surface area contributed by atoms with Gasteiger partial charge in [-0.3, -0.25) is 0 Å². The Bertz CT molecular complexity index is 211. The highest BCUT2D eigenvalue weighted by atomic mass is 16.1. The van der Waals surface area contributed by atoms with E-state index in [1.165, 1.54) is 12.0 Å². The molecular formula is C13H22O. The van der Waals surface area contributed by atoms with Crippen LogP contribution in [-0.2, 0) is 4.79 Å². The quantitative estimate of drug-likeness (QED) is 0.441. The Morgan fingerprint density at radius 2 is 1.86 bits per heavy atom. The molecule has 1 nitrogen and oxygen atoms in total. The zero-order valence-electron chi connectivity index (χ0n) is 9.68. The largest absolute Gasteiger partial charge is 0.300 e. The van der Waals surface area contributed by atoms with E-state index in [9.17, 15) is 4.79 Å². The van der Waals surface area contributed by atoms with Gasteiger partial charge in [0.2, 0.25) is 0 Å². The Labute approximate surface area is 87.9 Å². The summed E-state index contributed by atoms with van der Waals surface area (Å²) in [6.07, 6.45) is 11.6. The Balaban J connectivity index is 3.51. The predicted octanol–water partition coefficient (Wildman–Crippen LogP) is 4.05. The zero-order valence-corrected chi connectivity index (χ0v) is 9.68. The molecule has 0 bridgehead atoms. The van der Waals surface area contributed by atoms with Gasteiger partial charge in [-0.15, -0.1) is 0 Å². The van der Waals surface area contributed by atoms with Crippen LogP contribution in [0.5, 0.6) is 0 Å². The smallest absolute Gasteiger partial charge is 0.130 e. The number of Topliss-reactive ketones (excluding diaryl/α,β-unsaturated/α-hetero) is 1. The fraction of sp³-hybridized carbons (Fsp3) is 0.615. The van der Waals surface area contributed by atoms with Gasteiger partial charge in [-0.2, -0.15) is 0 Å². The van der Waals surface area contributed by atoms with Crippen molar-refractivity contribution in [2.45, 2.75) is 52.9 Å². The van der Waals surface area contributed by atoms with Crippen molar-refractivity contribution in [3.63, 3.8) is 0 Å². The van der Waals surface area contributed by atoms with Gasteiger partial charge < -0.3 is 4.79 Å². The van der Waals surface area contributed by atoms with Crippen LogP contribution in [0.4, 0.5) is 0 Å². The minimum absolute atomic E-state index is 0.281. The summed E-state index contributed by atoms with van der Waals surface area (Å²) in [5.74, 6) is 0.281. The third-order valence-corrected chi connectivity index (χ3v) is 2.17. The molecule has 0 amide bonds. The molecule has 0 radical (unpaired) electrons. The standard InChI is InChI=1S/C13H22O/c1-4-5-6-7-9-12(2)10-8-11-13(3)14/h4-5,10H,6-9,11H2,1-3H3. The molecule has 0 saturated carbocycles. The monoisotopic (exact) mass is 194 g/mol. The first-order valence-electron chi connectivity index (χ1n) is 5.43. The van der Waals surface area contributed by atoms with Crippen LogP contribution in [0.15, 0.2) is 23.8 Å². The van der Waals surface area contributed by atoms with Crippen molar-refractivity contribution in [1.82, 2.24) is 0 Å². The summed E-state index contributed by atoms with van der Waals surface area (Å²) in [4.78, 5) is 10.7. The van der Waals surface area contributed by atoms with Crippen molar-refractivity contribution >= 4 is 5.78 Å². The molecule has 0 fully saturated rings. The number of unbranched alkanes of at least 4 members (excludes halogenated alkanes) is 1. The second-order valence-electron chi connectivity index (χ2n) is 3.75. The Hall–Kier alpha value is -0.850. The molecule has 0 aromatic rings. The molecular weight excluding hydrogens is 172 g/mol. The van der Waals surface area contributed by atoms with E-state index < -0.39 is 0 Å². The van der Waals surface area contributed by atoms with Gasteiger partial charge in [-0.05, 0) is 46.5 Å². The minimum Gasteiger partial charge on any atom is -0.300 e. The lowest BCUT2D eigenvalue weighted by molar-refractivity contribution is -0.116. The number of rotatable bonds is 7. The van der Waals surface area contributed by atoms with E-state index >= 15 is 0 Å². The third-order valence-electron chi connectivity index (χ3n) is 2.17. The molecule has 0 aliphatic rings. The highest BCUT2D eigenvalue weighted by Gasteiger charge is 1.92. The SMILES string of the molecule is CC=CCCCC(C)=CCCC(C)=O. The maximum atomic E-state index is 10.7. The second-order valence-corrected chi connectivity index (χ2v) is 3.75. The summed E-state index contributed by atoms with van der Waals surface area (Å²) in [6, 6.07) is 0. The predicted molar refractivity (Wildman–Crippen MR) is 62.3 cm³/mol. The molecule has 0 aromatic heterocycles. The molecule has 0 unspecified atom stereocenters. The van der Waals surface area contributed by atoms with Crippen molar-refractivity contribution in [3.05, 3.63) is 23.8 Å². The second kappa shape index (κ2) is 8.74. The first-order valence-corrected chi connectivity index (χ1v) is 5.43. The van der Waals surface area contributed by atoms with E-state index in [0.717, 1.165) is 19.3 Å². The van der Waals surface area contributed by atoms with Gasteiger partial charge in [0.15, 0.2) is 0 Å². The Morgan fingerprint density at radius 3 is 2.43 bits per heavy atom. The number of carbonyl (C=O) groups excluding carboxylic acids is 1. The fourth-order valence-electron chi connectivity index (χ4n) is 1.29. The molecule has 0 rings (SSSR count). The first kappa shape index (κ1) is 13.2. The number of hydrogen-bond acceptors (Lipinski definition) is 1. The van der Waals surface area contributed by atoms with Crippen molar-refractivity contribution in [3.8, 4) is 0 Å². The lowest BCUT2D eigenvalue weighted by Crippen LogP contribution is -1.87. The molecule has 80 valence electrons. The first-order chi connectivity index (χ1) is 6.66. The number of carbonyl (C=O) groups is 1. The van der Waals surface area contributed by atoms with Crippen LogP contribution in [0, 0.1) is 0 Å². The summed E-state index contributed by atoms with van der Waals surface area (Å²) >= 11 is 0. The van der Waals surface area contributed by atoms with E-state index in [4.69, 9.17) is 0 Å². The van der Waals surface area contributed by atoms with E-state index in [1.54, 1.807) is 6.92 Å². The van der Waals surface area contributed by atoms with Crippen molar-refractivity contribution in [2.24, 2.45) is 0 Å². The maximum absolute atomic E-state index is 10.7. The highest BCUT2D eigenvalue weighted by Crippen LogP contribution is 2.08. The lowest BCUT2D eigenvalue weighted by Gasteiger charge is -1.99. The molecule has 0 atom stereocenters. The van der Waals surface area contributed by atoms with Crippen LogP contribution >= 0.6 is 0 Å².